The minimum absolute atomic E-state index is 0. The molecule has 66 heavy (non-hydrogen) atoms. The van der Waals surface area contributed by atoms with Crippen molar-refractivity contribution >= 4 is 24.9 Å². The zero-order valence-corrected chi connectivity index (χ0v) is 39.3. The minimum Gasteiger partial charge on any atom is -0.285 e. The van der Waals surface area contributed by atoms with E-state index in [1.165, 1.54) is 25.7 Å². The van der Waals surface area contributed by atoms with Crippen LogP contribution in [0.15, 0.2) is 118 Å². The van der Waals surface area contributed by atoms with E-state index in [1.54, 1.807) is 24.8 Å². The van der Waals surface area contributed by atoms with E-state index in [4.69, 9.17) is 94.5 Å². The van der Waals surface area contributed by atoms with E-state index in [2.05, 4.69) is 19.9 Å². The Kier molecular flexibility index (Phi) is 34.5. The molecule has 2 saturated carbocycles. The van der Waals surface area contributed by atoms with E-state index in [-0.39, 0.29) is 58.3 Å². The van der Waals surface area contributed by atoms with Gasteiger partial charge in [-0.15, -0.1) is 41.0 Å². The molecular weight excluding hydrogens is 1050 g/mol. The maximum absolute atomic E-state index is 8.49. The van der Waals surface area contributed by atoms with Crippen molar-refractivity contribution in [2.24, 2.45) is 20.0 Å². The molecular formula is C36H40Cl4Mn2N8O16. The number of pyridine rings is 4. The first kappa shape index (κ1) is 64.9. The molecule has 2 radical (unpaired) electrons. The standard InChI is InChI=1S/2C18H20N4.4ClHO4.2Mn/c2*1-2-10-18(22-14-16-8-4-6-12-20-16)17(9-1)21-13-15-7-3-5-11-19-15;4*2-1(3,4)5;;/h2*3-8,11-14,17-18H,1-2,9-10H2;4*(H,2,3,4,5);;/q;;;;;;2*+2/p-4/t2*17-,18-;;;;;;/m00....../s1. The van der Waals surface area contributed by atoms with Crippen LogP contribution in [-0.4, -0.2) is 69.0 Å². The van der Waals surface area contributed by atoms with Crippen molar-refractivity contribution in [2.75, 3.05) is 0 Å². The first-order valence-corrected chi connectivity index (χ1v) is 23.0. The van der Waals surface area contributed by atoms with Crippen molar-refractivity contribution in [3.63, 3.8) is 0 Å². The Balaban J connectivity index is 0. The maximum Gasteiger partial charge on any atom is 2.00 e. The molecule has 0 unspecified atom stereocenters. The third kappa shape index (κ3) is 43.4. The number of hydrogen-bond donors (Lipinski definition) is 0. The summed E-state index contributed by atoms with van der Waals surface area (Å²) in [5.41, 5.74) is 3.61. The van der Waals surface area contributed by atoms with Gasteiger partial charge in [-0.3, -0.25) is 39.9 Å². The molecule has 0 aromatic carbocycles. The molecule has 6 rings (SSSR count). The average molecular weight is 1090 g/mol. The van der Waals surface area contributed by atoms with E-state index in [9.17, 15) is 0 Å². The van der Waals surface area contributed by atoms with Gasteiger partial charge in [-0.25, -0.2) is 74.5 Å². The summed E-state index contributed by atoms with van der Waals surface area (Å²) in [6, 6.07) is 24.4. The molecule has 2 aliphatic carbocycles. The van der Waals surface area contributed by atoms with Crippen LogP contribution >= 0.6 is 0 Å². The summed E-state index contributed by atoms with van der Waals surface area (Å²) < 4.78 is 136. The summed E-state index contributed by atoms with van der Waals surface area (Å²) in [5.74, 6) is 0. The first-order valence-electron chi connectivity index (χ1n) is 18.1. The molecule has 30 heteroatoms. The second-order valence-corrected chi connectivity index (χ2v) is 15.5. The number of hydrogen-bond acceptors (Lipinski definition) is 24. The molecule has 4 heterocycles. The van der Waals surface area contributed by atoms with Gasteiger partial charge >= 0.3 is 34.1 Å². The van der Waals surface area contributed by atoms with Crippen molar-refractivity contribution < 1.29 is 150 Å². The summed E-state index contributed by atoms with van der Waals surface area (Å²) in [6.07, 6.45) is 23.9. The normalized spacial score (nSPS) is 18.5. The van der Waals surface area contributed by atoms with Gasteiger partial charge < -0.3 is 0 Å². The molecule has 362 valence electrons. The molecule has 0 aliphatic heterocycles. The van der Waals surface area contributed by atoms with Crippen molar-refractivity contribution in [3.05, 3.63) is 120 Å². The summed E-state index contributed by atoms with van der Waals surface area (Å²) >= 11 is 0. The fraction of sp³-hybridized carbons (Fsp3) is 0.333. The van der Waals surface area contributed by atoms with Crippen LogP contribution in [0.3, 0.4) is 0 Å². The monoisotopic (exact) mass is 1090 g/mol. The SMILES string of the molecule is C(=N[C@H]1CCCC[C@@H]1N=Cc1ccccn1)c1ccccn1.C(=N[C@H]1CCCC[C@@H]1N=Cc1ccccn1)c1ccccn1.[Mn+2].[Mn+2].[O-][Cl+3]([O-])([O-])[O-].[O-][Cl+3]([O-])([O-])[O-].[O-][Cl+3]([O-])([O-])[O-].[O-][Cl+3]([O-])([O-])[O-]. The largest absolute Gasteiger partial charge is 2.00 e. The molecule has 0 saturated heterocycles. The Bertz CT molecular complexity index is 1620. The topological polar surface area (TPSA) is 470 Å². The van der Waals surface area contributed by atoms with Crippen molar-refractivity contribution in [3.8, 4) is 0 Å². The van der Waals surface area contributed by atoms with Gasteiger partial charge in [-0.1, -0.05) is 49.9 Å². The van der Waals surface area contributed by atoms with Gasteiger partial charge in [0.25, 0.3) is 0 Å². The van der Waals surface area contributed by atoms with E-state index >= 15 is 0 Å². The zero-order valence-electron chi connectivity index (χ0n) is 33.9. The Hall–Kier alpha value is -3.16. The molecule has 4 aromatic rings. The van der Waals surface area contributed by atoms with Crippen LogP contribution in [-0.2, 0) is 34.1 Å². The van der Waals surface area contributed by atoms with Crippen LogP contribution < -0.4 is 74.5 Å². The van der Waals surface area contributed by atoms with Crippen molar-refractivity contribution in [2.45, 2.75) is 75.5 Å². The fourth-order valence-corrected chi connectivity index (χ4v) is 5.38. The number of nitrogens with zero attached hydrogens (tertiary/aromatic N) is 8. The van der Waals surface area contributed by atoms with Gasteiger partial charge in [0.15, 0.2) is 0 Å². The van der Waals surface area contributed by atoms with Crippen LogP contribution in [0.5, 0.6) is 0 Å². The second-order valence-electron chi connectivity index (χ2n) is 12.5. The number of halogens is 4. The predicted octanol–water partition coefficient (Wildman–Crippen LogP) is -12.4. The molecule has 4 atom stereocenters. The summed E-state index contributed by atoms with van der Waals surface area (Å²) in [4.78, 5) is 36.0. The van der Waals surface area contributed by atoms with E-state index < -0.39 is 41.0 Å². The zero-order chi connectivity index (χ0) is 48.1. The van der Waals surface area contributed by atoms with E-state index in [0.29, 0.717) is 0 Å². The Labute approximate surface area is 408 Å². The van der Waals surface area contributed by atoms with Crippen LogP contribution in [0, 0.1) is 41.0 Å². The maximum atomic E-state index is 8.49. The molecule has 24 nitrogen and oxygen atoms in total. The first-order chi connectivity index (χ1) is 29.8. The van der Waals surface area contributed by atoms with Gasteiger partial charge in [-0.05, 0) is 74.2 Å². The van der Waals surface area contributed by atoms with Crippen LogP contribution in [0.4, 0.5) is 0 Å². The smallest absolute Gasteiger partial charge is 0.285 e. The second kappa shape index (κ2) is 35.0. The molecule has 0 amide bonds. The van der Waals surface area contributed by atoms with Gasteiger partial charge in [0.2, 0.25) is 0 Å². The fourth-order valence-electron chi connectivity index (χ4n) is 5.38. The molecule has 0 spiro atoms. The van der Waals surface area contributed by atoms with Crippen LogP contribution in [0.1, 0.15) is 74.1 Å². The minimum atomic E-state index is -4.94. The van der Waals surface area contributed by atoms with Gasteiger partial charge in [0.05, 0.1) is 46.9 Å². The molecule has 0 N–H and O–H groups in total. The number of rotatable bonds is 8. The molecule has 0 bridgehead atoms. The van der Waals surface area contributed by atoms with Gasteiger partial charge in [0.1, 0.15) is 0 Å². The van der Waals surface area contributed by atoms with Crippen molar-refractivity contribution in [1.29, 1.82) is 0 Å². The molecule has 4 aromatic heterocycles. The average Bonchev–Trinajstić information content (AvgIpc) is 3.21. The van der Waals surface area contributed by atoms with Gasteiger partial charge in [0, 0.05) is 49.6 Å². The number of aromatic nitrogens is 4. The molecule has 2 fully saturated rings. The Morgan fingerprint density at radius 2 is 0.500 bits per heavy atom. The quantitative estimate of drug-likeness (QED) is 0.117. The van der Waals surface area contributed by atoms with E-state index in [1.807, 2.05) is 97.7 Å². The Morgan fingerprint density at radius 3 is 0.636 bits per heavy atom. The third-order valence-electron chi connectivity index (χ3n) is 7.73. The van der Waals surface area contributed by atoms with Crippen molar-refractivity contribution in [1.82, 2.24) is 19.9 Å². The van der Waals surface area contributed by atoms with Crippen LogP contribution in [0.2, 0.25) is 0 Å². The molecule has 2 aliphatic rings. The summed E-state index contributed by atoms with van der Waals surface area (Å²) in [5, 5.41) is 0. The summed E-state index contributed by atoms with van der Waals surface area (Å²) in [7, 11) is -19.8. The Morgan fingerprint density at radius 1 is 0.333 bits per heavy atom. The van der Waals surface area contributed by atoms with Crippen LogP contribution in [0.25, 0.3) is 0 Å². The third-order valence-corrected chi connectivity index (χ3v) is 7.73. The summed E-state index contributed by atoms with van der Waals surface area (Å²) in [6.45, 7) is 0. The number of aliphatic imine (C=N–C) groups is 4. The van der Waals surface area contributed by atoms with E-state index in [0.717, 1.165) is 48.5 Å². The van der Waals surface area contributed by atoms with Gasteiger partial charge in [-0.2, -0.15) is 0 Å². The predicted molar refractivity (Wildman–Crippen MR) is 179 cm³/mol.